The molecule has 0 aromatic heterocycles. The minimum Gasteiger partial charge on any atom is -0.484 e. The number of benzene rings is 1. The largest absolute Gasteiger partial charge is 0.484 e. The predicted molar refractivity (Wildman–Crippen MR) is 84.0 cm³/mol. The number of hydrogen-bond donors (Lipinski definition) is 0. The van der Waals surface area contributed by atoms with Gasteiger partial charge in [-0.25, -0.2) is 4.39 Å². The number of amides is 2. The molecule has 6 nitrogen and oxygen atoms in total. The first kappa shape index (κ1) is 16.7. The van der Waals surface area contributed by atoms with Crippen molar-refractivity contribution in [3.05, 3.63) is 30.1 Å². The molecule has 0 radical (unpaired) electrons. The molecule has 2 aliphatic rings. The van der Waals surface area contributed by atoms with Crippen LogP contribution in [0.15, 0.2) is 24.3 Å². The summed E-state index contributed by atoms with van der Waals surface area (Å²) in [5, 5.41) is 0. The molecule has 2 heterocycles. The molecule has 2 aliphatic heterocycles. The van der Waals surface area contributed by atoms with Crippen LogP contribution in [0.3, 0.4) is 0 Å². The topological polar surface area (TPSA) is 59.1 Å². The Bertz CT molecular complexity index is 596. The van der Waals surface area contributed by atoms with Gasteiger partial charge in [-0.1, -0.05) is 6.07 Å². The van der Waals surface area contributed by atoms with Gasteiger partial charge in [-0.15, -0.1) is 0 Å². The van der Waals surface area contributed by atoms with Crippen molar-refractivity contribution in [3.63, 3.8) is 0 Å². The van der Waals surface area contributed by atoms with Crippen molar-refractivity contribution in [2.75, 3.05) is 39.4 Å². The molecule has 2 saturated heterocycles. The van der Waals surface area contributed by atoms with Gasteiger partial charge in [0.1, 0.15) is 17.7 Å². The number of rotatable bonds is 4. The summed E-state index contributed by atoms with van der Waals surface area (Å²) in [7, 11) is 0. The number of nitrogens with zero attached hydrogens (tertiary/aromatic N) is 2. The fourth-order valence-electron chi connectivity index (χ4n) is 2.95. The van der Waals surface area contributed by atoms with Crippen LogP contribution in [-0.2, 0) is 14.3 Å². The number of hydrogen-bond acceptors (Lipinski definition) is 4. The molecular weight excluding hydrogens is 315 g/mol. The first-order valence-corrected chi connectivity index (χ1v) is 8.20. The van der Waals surface area contributed by atoms with E-state index in [0.29, 0.717) is 38.5 Å². The van der Waals surface area contributed by atoms with Crippen LogP contribution in [0.5, 0.6) is 5.75 Å². The van der Waals surface area contributed by atoms with Crippen molar-refractivity contribution >= 4 is 11.8 Å². The Morgan fingerprint density at radius 2 is 1.96 bits per heavy atom. The summed E-state index contributed by atoms with van der Waals surface area (Å²) in [6, 6.07) is 5.70. The van der Waals surface area contributed by atoms with Crippen molar-refractivity contribution in [3.8, 4) is 5.75 Å². The Morgan fingerprint density at radius 3 is 2.62 bits per heavy atom. The summed E-state index contributed by atoms with van der Waals surface area (Å²) in [6.45, 7) is 2.47. The Hall–Kier alpha value is -2.15. The summed E-state index contributed by atoms with van der Waals surface area (Å²) in [5.41, 5.74) is 0. The average molecular weight is 336 g/mol. The van der Waals surface area contributed by atoms with Crippen LogP contribution in [0.2, 0.25) is 0 Å². The van der Waals surface area contributed by atoms with Gasteiger partial charge in [0.05, 0.1) is 0 Å². The Labute approximate surface area is 140 Å². The molecule has 1 aromatic rings. The summed E-state index contributed by atoms with van der Waals surface area (Å²) in [6.07, 6.45) is 1.38. The predicted octanol–water partition coefficient (Wildman–Crippen LogP) is 1.05. The SMILES string of the molecule is O=C(COc1cccc(F)c1)N1CCN(C(=O)C2CCCO2)CC1. The third-order valence-corrected chi connectivity index (χ3v) is 4.31. The molecule has 3 rings (SSSR count). The maximum absolute atomic E-state index is 13.1. The average Bonchev–Trinajstić information content (AvgIpc) is 3.14. The minimum atomic E-state index is -0.402. The number of carbonyl (C=O) groups is 2. The second-order valence-corrected chi connectivity index (χ2v) is 5.95. The van der Waals surface area contributed by atoms with E-state index in [0.717, 1.165) is 12.8 Å². The number of carbonyl (C=O) groups excluding carboxylic acids is 2. The number of ether oxygens (including phenoxy) is 2. The first-order chi connectivity index (χ1) is 11.6. The van der Waals surface area contributed by atoms with Crippen LogP contribution in [0.4, 0.5) is 4.39 Å². The first-order valence-electron chi connectivity index (χ1n) is 8.20. The lowest BCUT2D eigenvalue weighted by molar-refractivity contribution is -0.146. The Morgan fingerprint density at radius 1 is 1.21 bits per heavy atom. The highest BCUT2D eigenvalue weighted by atomic mass is 19.1. The van der Waals surface area contributed by atoms with Gasteiger partial charge in [0.25, 0.3) is 11.8 Å². The normalized spacial score (nSPS) is 21.0. The van der Waals surface area contributed by atoms with Crippen LogP contribution >= 0.6 is 0 Å². The Balaban J connectivity index is 1.44. The molecule has 1 unspecified atom stereocenters. The van der Waals surface area contributed by atoms with E-state index in [9.17, 15) is 14.0 Å². The van der Waals surface area contributed by atoms with Crippen LogP contribution in [0.25, 0.3) is 0 Å². The molecule has 0 bridgehead atoms. The van der Waals surface area contributed by atoms with Crippen LogP contribution in [0, 0.1) is 5.82 Å². The number of halogens is 1. The van der Waals surface area contributed by atoms with E-state index in [2.05, 4.69) is 0 Å². The highest BCUT2D eigenvalue weighted by Crippen LogP contribution is 2.16. The molecule has 0 saturated carbocycles. The summed E-state index contributed by atoms with van der Waals surface area (Å²) in [4.78, 5) is 27.8. The van der Waals surface area contributed by atoms with Crippen molar-refractivity contribution < 1.29 is 23.5 Å². The second-order valence-electron chi connectivity index (χ2n) is 5.95. The van der Waals surface area contributed by atoms with E-state index in [-0.39, 0.29) is 24.5 Å². The van der Waals surface area contributed by atoms with E-state index in [1.807, 2.05) is 0 Å². The summed E-state index contributed by atoms with van der Waals surface area (Å²) >= 11 is 0. The highest BCUT2D eigenvalue weighted by Gasteiger charge is 2.31. The lowest BCUT2D eigenvalue weighted by Gasteiger charge is -2.35. The molecule has 0 aliphatic carbocycles. The molecule has 130 valence electrons. The van der Waals surface area contributed by atoms with Crippen LogP contribution in [0.1, 0.15) is 12.8 Å². The minimum absolute atomic E-state index is 0.0237. The Kier molecular flexibility index (Phi) is 5.30. The molecule has 24 heavy (non-hydrogen) atoms. The molecule has 7 heteroatoms. The van der Waals surface area contributed by atoms with E-state index < -0.39 is 5.82 Å². The summed E-state index contributed by atoms with van der Waals surface area (Å²) in [5.74, 6) is -0.212. The lowest BCUT2D eigenvalue weighted by Crippen LogP contribution is -2.53. The van der Waals surface area contributed by atoms with Crippen molar-refractivity contribution in [1.29, 1.82) is 0 Å². The van der Waals surface area contributed by atoms with Gasteiger partial charge in [-0.3, -0.25) is 9.59 Å². The molecule has 1 atom stereocenters. The van der Waals surface area contributed by atoms with E-state index >= 15 is 0 Å². The highest BCUT2D eigenvalue weighted by molar-refractivity contribution is 5.82. The fourth-order valence-corrected chi connectivity index (χ4v) is 2.95. The maximum Gasteiger partial charge on any atom is 0.260 e. The summed E-state index contributed by atoms with van der Waals surface area (Å²) < 4.78 is 23.8. The molecule has 2 fully saturated rings. The quantitative estimate of drug-likeness (QED) is 0.825. The van der Waals surface area contributed by atoms with Crippen LogP contribution < -0.4 is 4.74 Å². The molecule has 2 amide bonds. The zero-order valence-electron chi connectivity index (χ0n) is 13.4. The molecular formula is C17H21FN2O4. The second kappa shape index (κ2) is 7.61. The zero-order chi connectivity index (χ0) is 16.9. The van der Waals surface area contributed by atoms with Gasteiger partial charge < -0.3 is 19.3 Å². The lowest BCUT2D eigenvalue weighted by atomic mass is 10.2. The molecule has 1 aromatic carbocycles. The van der Waals surface area contributed by atoms with E-state index in [4.69, 9.17) is 9.47 Å². The van der Waals surface area contributed by atoms with Gasteiger partial charge in [-0.05, 0) is 25.0 Å². The van der Waals surface area contributed by atoms with E-state index in [1.165, 1.54) is 18.2 Å². The molecule has 0 N–H and O–H groups in total. The van der Waals surface area contributed by atoms with Crippen LogP contribution in [-0.4, -0.2) is 67.1 Å². The van der Waals surface area contributed by atoms with Crippen molar-refractivity contribution in [2.24, 2.45) is 0 Å². The van der Waals surface area contributed by atoms with E-state index in [1.54, 1.807) is 15.9 Å². The van der Waals surface area contributed by atoms with Gasteiger partial charge >= 0.3 is 0 Å². The van der Waals surface area contributed by atoms with Crippen molar-refractivity contribution in [2.45, 2.75) is 18.9 Å². The van der Waals surface area contributed by atoms with Gasteiger partial charge in [0.15, 0.2) is 6.61 Å². The third kappa shape index (κ3) is 4.03. The van der Waals surface area contributed by atoms with Gasteiger partial charge in [0.2, 0.25) is 0 Å². The standard InChI is InChI=1S/C17H21FN2O4/c18-13-3-1-4-14(11-13)24-12-16(21)19-6-8-20(9-7-19)17(22)15-5-2-10-23-15/h1,3-4,11,15H,2,5-10,12H2. The fraction of sp³-hybridized carbons (Fsp3) is 0.529. The third-order valence-electron chi connectivity index (χ3n) is 4.31. The monoisotopic (exact) mass is 336 g/mol. The zero-order valence-corrected chi connectivity index (χ0v) is 13.4. The maximum atomic E-state index is 13.1. The van der Waals surface area contributed by atoms with Gasteiger partial charge in [0, 0.05) is 38.9 Å². The molecule has 0 spiro atoms. The van der Waals surface area contributed by atoms with Crippen molar-refractivity contribution in [1.82, 2.24) is 9.80 Å². The smallest absolute Gasteiger partial charge is 0.260 e. The number of piperazine rings is 1. The van der Waals surface area contributed by atoms with Gasteiger partial charge in [-0.2, -0.15) is 0 Å².